The van der Waals surface area contributed by atoms with Crippen LogP contribution in [0.25, 0.3) is 11.0 Å². The summed E-state index contributed by atoms with van der Waals surface area (Å²) in [6.07, 6.45) is 1.82. The number of para-hydroxylation sites is 3. The van der Waals surface area contributed by atoms with Gasteiger partial charge < -0.3 is 0 Å². The van der Waals surface area contributed by atoms with E-state index in [0.29, 0.717) is 6.67 Å². The molecule has 0 atom stereocenters. The summed E-state index contributed by atoms with van der Waals surface area (Å²) >= 11 is 1.22. The third kappa shape index (κ3) is 2.31. The molecule has 1 aromatic heterocycles. The second-order valence-electron chi connectivity index (χ2n) is 5.88. The fourth-order valence-corrected chi connectivity index (χ4v) is 4.15. The molecule has 1 amide bonds. The van der Waals surface area contributed by atoms with Crippen LogP contribution in [0.3, 0.4) is 0 Å². The number of carbonyl (C=O) groups is 1. The maximum Gasteiger partial charge on any atom is 0.295 e. The summed E-state index contributed by atoms with van der Waals surface area (Å²) in [5.41, 5.74) is 5.52. The van der Waals surface area contributed by atoms with Gasteiger partial charge in [0.15, 0.2) is 5.16 Å². The van der Waals surface area contributed by atoms with Crippen molar-refractivity contribution in [3.63, 3.8) is 0 Å². The van der Waals surface area contributed by atoms with Crippen LogP contribution in [-0.2, 0) is 19.5 Å². The Kier molecular flexibility index (Phi) is 3.81. The van der Waals surface area contributed by atoms with E-state index in [1.165, 1.54) is 22.9 Å². The van der Waals surface area contributed by atoms with Gasteiger partial charge in [-0.15, -0.1) is 0 Å². The molecule has 1 aliphatic heterocycles. The van der Waals surface area contributed by atoms with E-state index < -0.39 is 0 Å². The highest BCUT2D eigenvalue weighted by Gasteiger charge is 2.30. The molecule has 4 nitrogen and oxygen atoms in total. The topological polar surface area (TPSA) is 38.1 Å². The van der Waals surface area contributed by atoms with Crippen molar-refractivity contribution in [2.45, 2.75) is 38.5 Å². The van der Waals surface area contributed by atoms with Crippen LogP contribution in [0.1, 0.15) is 25.0 Å². The number of imidazole rings is 1. The van der Waals surface area contributed by atoms with E-state index in [1.54, 1.807) is 0 Å². The van der Waals surface area contributed by atoms with Crippen molar-refractivity contribution in [2.75, 3.05) is 4.90 Å². The minimum Gasteiger partial charge on any atom is -0.300 e. The van der Waals surface area contributed by atoms with Crippen LogP contribution in [0, 0.1) is 0 Å². The first-order valence-electron chi connectivity index (χ1n) is 8.28. The standard InChI is InChI=1S/C19H19N3OS/c1-3-13-8-7-9-14(4-2)17(13)22-12-21-16-11-6-5-10-15(16)20-18(21)24-19(22)23/h5-11H,3-4,12H2,1-2H3. The molecular weight excluding hydrogens is 318 g/mol. The molecule has 0 bridgehead atoms. The summed E-state index contributed by atoms with van der Waals surface area (Å²) in [5.74, 6) is 0. The zero-order valence-corrected chi connectivity index (χ0v) is 14.6. The third-order valence-electron chi connectivity index (χ3n) is 4.54. The molecule has 4 rings (SSSR count). The summed E-state index contributed by atoms with van der Waals surface area (Å²) < 4.78 is 2.13. The largest absolute Gasteiger partial charge is 0.300 e. The number of aryl methyl sites for hydroxylation is 2. The van der Waals surface area contributed by atoms with Gasteiger partial charge in [-0.3, -0.25) is 14.3 Å². The fraction of sp³-hybridized carbons (Fsp3) is 0.263. The van der Waals surface area contributed by atoms with E-state index in [2.05, 4.69) is 47.7 Å². The molecule has 3 aromatic rings. The SMILES string of the molecule is CCc1cccc(CC)c1N1Cn2c(nc3ccccc32)SC1=O. The maximum absolute atomic E-state index is 12.8. The van der Waals surface area contributed by atoms with E-state index in [1.807, 2.05) is 23.1 Å². The average Bonchev–Trinajstić information content (AvgIpc) is 2.97. The number of fused-ring (bicyclic) bond motifs is 3. The molecule has 0 fully saturated rings. The molecule has 0 saturated carbocycles. The number of rotatable bonds is 3. The first kappa shape index (κ1) is 15.3. The molecule has 0 N–H and O–H groups in total. The van der Waals surface area contributed by atoms with E-state index >= 15 is 0 Å². The summed E-state index contributed by atoms with van der Waals surface area (Å²) in [4.78, 5) is 19.3. The number of carbonyl (C=O) groups excluding carboxylic acids is 1. The number of nitrogens with zero attached hydrogens (tertiary/aromatic N) is 3. The molecule has 0 aliphatic carbocycles. The van der Waals surface area contributed by atoms with Crippen molar-refractivity contribution < 1.29 is 4.79 Å². The number of benzene rings is 2. The number of amides is 1. The Labute approximate surface area is 145 Å². The molecule has 1 aliphatic rings. The molecule has 0 spiro atoms. The van der Waals surface area contributed by atoms with Gasteiger partial charge in [0.05, 0.1) is 16.7 Å². The Morgan fingerprint density at radius 3 is 2.46 bits per heavy atom. The smallest absolute Gasteiger partial charge is 0.295 e. The van der Waals surface area contributed by atoms with Gasteiger partial charge >= 0.3 is 0 Å². The average molecular weight is 337 g/mol. The fourth-order valence-electron chi connectivity index (χ4n) is 3.32. The van der Waals surface area contributed by atoms with Gasteiger partial charge in [0.2, 0.25) is 0 Å². The van der Waals surface area contributed by atoms with Gasteiger partial charge in [0, 0.05) is 11.8 Å². The Morgan fingerprint density at radius 1 is 1.04 bits per heavy atom. The van der Waals surface area contributed by atoms with Crippen LogP contribution in [0.2, 0.25) is 0 Å². The number of anilines is 1. The van der Waals surface area contributed by atoms with Gasteiger partial charge in [0.1, 0.15) is 6.67 Å². The van der Waals surface area contributed by atoms with Crippen molar-refractivity contribution in [3.8, 4) is 0 Å². The highest BCUT2D eigenvalue weighted by atomic mass is 32.2. The highest BCUT2D eigenvalue weighted by molar-refractivity contribution is 8.13. The van der Waals surface area contributed by atoms with Crippen molar-refractivity contribution in [1.82, 2.24) is 9.55 Å². The minimum absolute atomic E-state index is 0.0495. The summed E-state index contributed by atoms with van der Waals surface area (Å²) in [5, 5.41) is 0.831. The number of aromatic nitrogens is 2. The zero-order chi connectivity index (χ0) is 16.7. The van der Waals surface area contributed by atoms with Crippen LogP contribution >= 0.6 is 11.8 Å². The lowest BCUT2D eigenvalue weighted by Gasteiger charge is -2.31. The quantitative estimate of drug-likeness (QED) is 0.685. The number of hydrogen-bond acceptors (Lipinski definition) is 3. The Morgan fingerprint density at radius 2 is 1.75 bits per heavy atom. The maximum atomic E-state index is 12.8. The van der Waals surface area contributed by atoms with Crippen LogP contribution in [0.4, 0.5) is 10.5 Å². The number of hydrogen-bond donors (Lipinski definition) is 0. The third-order valence-corrected chi connectivity index (χ3v) is 5.43. The minimum atomic E-state index is 0.0495. The Balaban J connectivity index is 1.85. The molecule has 0 saturated heterocycles. The molecular formula is C19H19N3OS. The summed E-state index contributed by atoms with van der Waals surface area (Å²) in [6, 6.07) is 14.4. The molecule has 0 radical (unpaired) electrons. The zero-order valence-electron chi connectivity index (χ0n) is 13.8. The van der Waals surface area contributed by atoms with Crippen LogP contribution in [-0.4, -0.2) is 14.8 Å². The van der Waals surface area contributed by atoms with Crippen molar-refractivity contribution >= 4 is 33.7 Å². The molecule has 2 heterocycles. The second-order valence-corrected chi connectivity index (χ2v) is 6.80. The van der Waals surface area contributed by atoms with Crippen LogP contribution in [0.5, 0.6) is 0 Å². The normalized spacial score (nSPS) is 14.2. The molecule has 24 heavy (non-hydrogen) atoms. The van der Waals surface area contributed by atoms with E-state index in [0.717, 1.165) is 34.7 Å². The highest BCUT2D eigenvalue weighted by Crippen LogP contribution is 2.37. The lowest BCUT2D eigenvalue weighted by Crippen LogP contribution is -2.35. The second kappa shape index (κ2) is 5.98. The van der Waals surface area contributed by atoms with Gasteiger partial charge in [-0.05, 0) is 36.1 Å². The Hall–Kier alpha value is -2.27. The van der Waals surface area contributed by atoms with E-state index in [4.69, 9.17) is 0 Å². The molecule has 5 heteroatoms. The predicted octanol–water partition coefficient (Wildman–Crippen LogP) is 4.85. The van der Waals surface area contributed by atoms with E-state index in [-0.39, 0.29) is 5.24 Å². The van der Waals surface area contributed by atoms with Gasteiger partial charge in [-0.25, -0.2) is 4.98 Å². The first-order valence-corrected chi connectivity index (χ1v) is 9.10. The van der Waals surface area contributed by atoms with Crippen molar-refractivity contribution in [2.24, 2.45) is 0 Å². The monoisotopic (exact) mass is 337 g/mol. The van der Waals surface area contributed by atoms with Crippen molar-refractivity contribution in [1.29, 1.82) is 0 Å². The lowest BCUT2D eigenvalue weighted by molar-refractivity contribution is 0.262. The van der Waals surface area contributed by atoms with Gasteiger partial charge in [-0.2, -0.15) is 0 Å². The summed E-state index contributed by atoms with van der Waals surface area (Å²) in [6.45, 7) is 4.79. The summed E-state index contributed by atoms with van der Waals surface area (Å²) in [7, 11) is 0. The predicted molar refractivity (Wildman–Crippen MR) is 98.7 cm³/mol. The number of thioether (sulfide) groups is 1. The first-order chi connectivity index (χ1) is 11.7. The van der Waals surface area contributed by atoms with Crippen LogP contribution < -0.4 is 4.90 Å². The van der Waals surface area contributed by atoms with Gasteiger partial charge in [0.25, 0.3) is 5.24 Å². The van der Waals surface area contributed by atoms with Gasteiger partial charge in [-0.1, -0.05) is 44.2 Å². The van der Waals surface area contributed by atoms with Crippen molar-refractivity contribution in [3.05, 3.63) is 53.6 Å². The molecule has 2 aromatic carbocycles. The molecule has 0 unspecified atom stereocenters. The molecule has 122 valence electrons. The van der Waals surface area contributed by atoms with Crippen LogP contribution in [0.15, 0.2) is 47.6 Å². The lowest BCUT2D eigenvalue weighted by atomic mass is 10.0. The van der Waals surface area contributed by atoms with E-state index in [9.17, 15) is 4.79 Å². The Bertz CT molecular complexity index is 909.